The van der Waals surface area contributed by atoms with Crippen molar-refractivity contribution in [3.63, 3.8) is 0 Å². The van der Waals surface area contributed by atoms with Crippen LogP contribution in [-0.4, -0.2) is 33.4 Å². The highest BCUT2D eigenvalue weighted by molar-refractivity contribution is 8.01. The Bertz CT molecular complexity index is 1120. The van der Waals surface area contributed by atoms with Crippen LogP contribution >= 0.6 is 11.8 Å². The number of carbonyl (C=O) groups is 1. The van der Waals surface area contributed by atoms with Gasteiger partial charge in [0.1, 0.15) is 10.6 Å². The third kappa shape index (κ3) is 5.71. The first-order valence-corrected chi connectivity index (χ1v) is 11.9. The summed E-state index contributed by atoms with van der Waals surface area (Å²) in [6.07, 6.45) is 1.52. The second kappa shape index (κ2) is 10.7. The van der Waals surface area contributed by atoms with Crippen LogP contribution in [0.3, 0.4) is 0 Å². The van der Waals surface area contributed by atoms with Crippen LogP contribution in [0.1, 0.15) is 39.9 Å². The van der Waals surface area contributed by atoms with E-state index in [2.05, 4.69) is 10.3 Å². The van der Waals surface area contributed by atoms with Gasteiger partial charge in [-0.15, -0.1) is 11.8 Å². The van der Waals surface area contributed by atoms with E-state index in [0.29, 0.717) is 18.5 Å². The normalized spacial score (nSPS) is 11.5. The lowest BCUT2D eigenvalue weighted by Crippen LogP contribution is -2.29. The Morgan fingerprint density at radius 1 is 1.12 bits per heavy atom. The monoisotopic (exact) mass is 453 g/mol. The molecule has 3 rings (SSSR count). The van der Waals surface area contributed by atoms with E-state index in [1.54, 1.807) is 4.57 Å². The zero-order chi connectivity index (χ0) is 23.1. The van der Waals surface area contributed by atoms with Crippen LogP contribution in [0.5, 0.6) is 0 Å². The van der Waals surface area contributed by atoms with Crippen LogP contribution < -0.4 is 10.9 Å². The first-order chi connectivity index (χ1) is 15.4. The highest BCUT2D eigenvalue weighted by atomic mass is 32.2. The number of fused-ring (bicyclic) bond motifs is 1. The van der Waals surface area contributed by atoms with Crippen molar-refractivity contribution >= 4 is 34.3 Å². The lowest BCUT2D eigenvalue weighted by molar-refractivity contribution is -0.145. The van der Waals surface area contributed by atoms with E-state index in [4.69, 9.17) is 4.74 Å². The molecule has 0 aliphatic rings. The molecule has 0 aliphatic carbocycles. The fraction of sp³-hybridized carbons (Fsp3) is 0.400. The molecule has 0 amide bonds. The number of benzene rings is 2. The quantitative estimate of drug-likeness (QED) is 0.268. The number of hydrogen-bond donors (Lipinski definition) is 1. The number of hydrogen-bond acceptors (Lipinski definition) is 6. The minimum Gasteiger partial charge on any atom is -0.465 e. The van der Waals surface area contributed by atoms with E-state index in [1.807, 2.05) is 76.2 Å². The van der Waals surface area contributed by atoms with E-state index < -0.39 is 4.75 Å². The third-order valence-corrected chi connectivity index (χ3v) is 6.32. The van der Waals surface area contributed by atoms with Gasteiger partial charge in [-0.3, -0.25) is 14.2 Å². The van der Waals surface area contributed by atoms with Crippen molar-refractivity contribution in [2.24, 2.45) is 0 Å². The minimum atomic E-state index is -0.636. The molecule has 0 unspecified atom stereocenters. The van der Waals surface area contributed by atoms with Crippen LogP contribution in [0.15, 0.2) is 58.2 Å². The summed E-state index contributed by atoms with van der Waals surface area (Å²) in [7, 11) is 0. The predicted octanol–water partition coefficient (Wildman–Crippen LogP) is 4.89. The van der Waals surface area contributed by atoms with Gasteiger partial charge in [-0.1, -0.05) is 19.1 Å². The molecular weight excluding hydrogens is 422 g/mol. The fourth-order valence-corrected chi connectivity index (χ4v) is 4.47. The van der Waals surface area contributed by atoms with Gasteiger partial charge in [0, 0.05) is 30.1 Å². The van der Waals surface area contributed by atoms with Crippen molar-refractivity contribution in [3.05, 3.63) is 64.7 Å². The summed E-state index contributed by atoms with van der Waals surface area (Å²) >= 11 is 1.49. The molecule has 0 aliphatic heterocycles. The molecule has 0 fully saturated rings. The largest absolute Gasteiger partial charge is 0.465 e. The van der Waals surface area contributed by atoms with Crippen molar-refractivity contribution in [1.29, 1.82) is 0 Å². The van der Waals surface area contributed by atoms with Crippen molar-refractivity contribution in [1.82, 2.24) is 9.55 Å². The van der Waals surface area contributed by atoms with Gasteiger partial charge in [-0.2, -0.15) is 0 Å². The van der Waals surface area contributed by atoms with E-state index in [0.717, 1.165) is 41.3 Å². The minimum absolute atomic E-state index is 0.0260. The molecule has 1 N–H and O–H groups in total. The summed E-state index contributed by atoms with van der Waals surface area (Å²) in [5.74, 6) is 0.608. The molecular formula is C25H31N3O3S. The molecule has 6 nitrogen and oxygen atoms in total. The van der Waals surface area contributed by atoms with E-state index in [1.165, 1.54) is 11.8 Å². The van der Waals surface area contributed by atoms with Crippen LogP contribution in [-0.2, 0) is 22.5 Å². The molecule has 1 aromatic heterocycles. The number of aromatic nitrogens is 2. The van der Waals surface area contributed by atoms with Crippen LogP contribution in [0.25, 0.3) is 10.9 Å². The molecule has 0 saturated carbocycles. The number of carbonyl (C=O) groups excluding carboxylic acids is 1. The first-order valence-electron chi connectivity index (χ1n) is 11.0. The Hall–Kier alpha value is -2.80. The number of thioether (sulfide) groups is 1. The number of rotatable bonds is 10. The maximum atomic E-state index is 12.9. The molecule has 7 heteroatoms. The zero-order valence-electron chi connectivity index (χ0n) is 19.2. The van der Waals surface area contributed by atoms with E-state index >= 15 is 0 Å². The predicted molar refractivity (Wildman–Crippen MR) is 131 cm³/mol. The highest BCUT2D eigenvalue weighted by Gasteiger charge is 2.30. The van der Waals surface area contributed by atoms with Crippen LogP contribution in [0, 0.1) is 0 Å². The number of ether oxygens (including phenoxy) is 1. The number of para-hydroxylation sites is 1. The number of anilines is 1. The lowest BCUT2D eigenvalue weighted by atomic mass is 10.2. The van der Waals surface area contributed by atoms with Crippen molar-refractivity contribution < 1.29 is 9.53 Å². The average Bonchev–Trinajstić information content (AvgIpc) is 2.78. The van der Waals surface area contributed by atoms with Crippen molar-refractivity contribution in [3.8, 4) is 0 Å². The topological polar surface area (TPSA) is 73.2 Å². The Kier molecular flexibility index (Phi) is 7.96. The number of aryl methyl sites for hydroxylation is 1. The average molecular weight is 454 g/mol. The number of esters is 1. The molecule has 0 spiro atoms. The second-order valence-electron chi connectivity index (χ2n) is 7.99. The van der Waals surface area contributed by atoms with Gasteiger partial charge in [0.2, 0.25) is 0 Å². The van der Waals surface area contributed by atoms with Crippen molar-refractivity contribution in [2.75, 3.05) is 18.5 Å². The van der Waals surface area contributed by atoms with Gasteiger partial charge in [-0.25, -0.2) is 4.98 Å². The van der Waals surface area contributed by atoms with Gasteiger partial charge in [0.05, 0.1) is 17.5 Å². The standard InChI is InChI=1S/C25H31N3O3S/c1-5-22-27-21-11-8-7-10-20(21)23(29)28(22)17-9-16-26-18-12-14-19(15-13-18)32-25(3,4)24(30)31-6-2/h7-8,10-15,26H,5-6,9,16-17H2,1-4H3. The zero-order valence-corrected chi connectivity index (χ0v) is 20.0. The summed E-state index contributed by atoms with van der Waals surface area (Å²) in [5, 5.41) is 4.07. The summed E-state index contributed by atoms with van der Waals surface area (Å²) in [6.45, 7) is 9.32. The molecule has 1 heterocycles. The summed E-state index contributed by atoms with van der Waals surface area (Å²) in [4.78, 5) is 30.6. The Labute approximate surface area is 193 Å². The SMILES string of the molecule is CCOC(=O)C(C)(C)Sc1ccc(NCCCn2c(CC)nc3ccccc3c2=O)cc1. The fourth-order valence-electron chi connectivity index (χ4n) is 3.47. The third-order valence-electron chi connectivity index (χ3n) is 5.14. The van der Waals surface area contributed by atoms with Gasteiger partial charge in [0.15, 0.2) is 0 Å². The molecule has 0 atom stereocenters. The van der Waals surface area contributed by atoms with Gasteiger partial charge >= 0.3 is 5.97 Å². The van der Waals surface area contributed by atoms with Gasteiger partial charge < -0.3 is 10.1 Å². The lowest BCUT2D eigenvalue weighted by Gasteiger charge is -2.21. The molecule has 0 radical (unpaired) electrons. The molecule has 32 heavy (non-hydrogen) atoms. The maximum Gasteiger partial charge on any atom is 0.321 e. The van der Waals surface area contributed by atoms with Crippen molar-refractivity contribution in [2.45, 2.75) is 56.7 Å². The second-order valence-corrected chi connectivity index (χ2v) is 9.69. The number of nitrogens with one attached hydrogen (secondary N) is 1. The van der Waals surface area contributed by atoms with E-state index in [-0.39, 0.29) is 11.5 Å². The molecule has 2 aromatic carbocycles. The summed E-state index contributed by atoms with van der Waals surface area (Å²) < 4.78 is 6.31. The summed E-state index contributed by atoms with van der Waals surface area (Å²) in [5.41, 5.74) is 1.79. The molecule has 0 saturated heterocycles. The molecule has 3 aromatic rings. The van der Waals surface area contributed by atoms with Crippen LogP contribution in [0.2, 0.25) is 0 Å². The molecule has 0 bridgehead atoms. The maximum absolute atomic E-state index is 12.9. The Morgan fingerprint density at radius 2 is 1.84 bits per heavy atom. The first kappa shape index (κ1) is 23.9. The van der Waals surface area contributed by atoms with Crippen LogP contribution in [0.4, 0.5) is 5.69 Å². The number of nitrogens with zero attached hydrogens (tertiary/aromatic N) is 2. The Morgan fingerprint density at radius 3 is 2.53 bits per heavy atom. The van der Waals surface area contributed by atoms with E-state index in [9.17, 15) is 9.59 Å². The smallest absolute Gasteiger partial charge is 0.321 e. The highest BCUT2D eigenvalue weighted by Crippen LogP contribution is 2.34. The van der Waals surface area contributed by atoms with Gasteiger partial charge in [0.25, 0.3) is 5.56 Å². The van der Waals surface area contributed by atoms with Gasteiger partial charge in [-0.05, 0) is 63.6 Å². The molecule has 170 valence electrons. The Balaban J connectivity index is 1.57. The summed E-state index contributed by atoms with van der Waals surface area (Å²) in [6, 6.07) is 15.5.